The number of benzene rings is 2. The highest BCUT2D eigenvalue weighted by Crippen LogP contribution is 2.20. The summed E-state index contributed by atoms with van der Waals surface area (Å²) in [5.74, 6) is -1.98. The molecule has 9 heteroatoms. The lowest BCUT2D eigenvalue weighted by molar-refractivity contribution is -0.123. The summed E-state index contributed by atoms with van der Waals surface area (Å²) < 4.78 is 31.5. The molecule has 150 valence electrons. The molecule has 2 aromatic rings. The Kier molecular flexibility index (Phi) is 8.16. The van der Waals surface area contributed by atoms with Gasteiger partial charge in [-0.25, -0.2) is 8.78 Å². The molecule has 0 fully saturated rings. The Labute approximate surface area is 165 Å². The molecule has 2 aromatic carbocycles. The van der Waals surface area contributed by atoms with Gasteiger partial charge >= 0.3 is 0 Å². The van der Waals surface area contributed by atoms with Crippen LogP contribution in [0.4, 0.5) is 8.78 Å². The van der Waals surface area contributed by atoms with E-state index in [2.05, 4.69) is 10.6 Å². The summed E-state index contributed by atoms with van der Waals surface area (Å²) in [6.07, 6.45) is -0.713. The molecule has 1 atom stereocenters. The van der Waals surface area contributed by atoms with Crippen LogP contribution >= 0.6 is 11.6 Å². The highest BCUT2D eigenvalue weighted by molar-refractivity contribution is 6.30. The van der Waals surface area contributed by atoms with Crippen molar-refractivity contribution in [2.45, 2.75) is 12.5 Å². The molecular weight excluding hydrogens is 394 g/mol. The van der Waals surface area contributed by atoms with Gasteiger partial charge in [0.2, 0.25) is 0 Å². The third-order valence-electron chi connectivity index (χ3n) is 3.65. The fourth-order valence-electron chi connectivity index (χ4n) is 2.18. The summed E-state index contributed by atoms with van der Waals surface area (Å²) >= 11 is 5.55. The predicted molar refractivity (Wildman–Crippen MR) is 99.3 cm³/mol. The van der Waals surface area contributed by atoms with Gasteiger partial charge in [-0.05, 0) is 36.8 Å². The Bertz CT molecular complexity index is 835. The van der Waals surface area contributed by atoms with Gasteiger partial charge in [0.05, 0.1) is 11.1 Å². The molecule has 0 aliphatic heterocycles. The van der Waals surface area contributed by atoms with Crippen molar-refractivity contribution in [2.24, 2.45) is 0 Å². The molecule has 0 spiro atoms. The van der Waals surface area contributed by atoms with Gasteiger partial charge < -0.3 is 20.5 Å². The van der Waals surface area contributed by atoms with Crippen LogP contribution in [0, 0.1) is 11.6 Å². The minimum absolute atomic E-state index is 0.0486. The van der Waals surface area contributed by atoms with Crippen molar-refractivity contribution >= 4 is 23.4 Å². The molecule has 0 saturated carbocycles. The second-order valence-electron chi connectivity index (χ2n) is 5.88. The summed E-state index contributed by atoms with van der Waals surface area (Å²) in [5, 5.41) is 14.8. The lowest BCUT2D eigenvalue weighted by atomic mass is 10.2. The van der Waals surface area contributed by atoms with Crippen molar-refractivity contribution in [3.05, 3.63) is 64.7 Å². The maximum Gasteiger partial charge on any atom is 0.258 e. The Morgan fingerprint density at radius 3 is 2.64 bits per heavy atom. The zero-order chi connectivity index (χ0) is 20.5. The molecule has 0 aliphatic rings. The fraction of sp³-hybridized carbons (Fsp3) is 0.263. The molecular formula is C19H19ClF2N2O4. The molecule has 28 heavy (non-hydrogen) atoms. The van der Waals surface area contributed by atoms with Crippen molar-refractivity contribution in [3.8, 4) is 5.75 Å². The number of halogens is 3. The van der Waals surface area contributed by atoms with E-state index < -0.39 is 29.6 Å². The Morgan fingerprint density at radius 1 is 1.14 bits per heavy atom. The molecule has 3 N–H and O–H groups in total. The Balaban J connectivity index is 1.63. The van der Waals surface area contributed by atoms with Gasteiger partial charge in [-0.15, -0.1) is 0 Å². The van der Waals surface area contributed by atoms with Crippen LogP contribution < -0.4 is 15.4 Å². The normalized spacial score (nSPS) is 11.6. The van der Waals surface area contributed by atoms with E-state index in [0.717, 1.165) is 12.1 Å². The van der Waals surface area contributed by atoms with Gasteiger partial charge in [0.25, 0.3) is 11.8 Å². The lowest BCUT2D eigenvalue weighted by Crippen LogP contribution is -2.37. The van der Waals surface area contributed by atoms with Crippen molar-refractivity contribution in [3.63, 3.8) is 0 Å². The highest BCUT2D eigenvalue weighted by Gasteiger charge is 2.10. The zero-order valence-electron chi connectivity index (χ0n) is 14.8. The van der Waals surface area contributed by atoms with Crippen molar-refractivity contribution in [2.75, 3.05) is 19.7 Å². The summed E-state index contributed by atoms with van der Waals surface area (Å²) in [6, 6.07) is 9.04. The average Bonchev–Trinajstić information content (AvgIpc) is 2.67. The van der Waals surface area contributed by atoms with Crippen LogP contribution in [-0.2, 0) is 4.79 Å². The number of hydrogen-bond acceptors (Lipinski definition) is 4. The topological polar surface area (TPSA) is 87.7 Å². The molecule has 0 unspecified atom stereocenters. The summed E-state index contributed by atoms with van der Waals surface area (Å²) in [5.41, 5.74) is 0.179. The van der Waals surface area contributed by atoms with E-state index in [4.69, 9.17) is 16.3 Å². The second kappa shape index (κ2) is 10.6. The van der Waals surface area contributed by atoms with E-state index >= 15 is 0 Å². The van der Waals surface area contributed by atoms with E-state index in [9.17, 15) is 23.5 Å². The number of aliphatic hydroxyl groups excluding tert-OH is 1. The van der Waals surface area contributed by atoms with Crippen LogP contribution in [0.2, 0.25) is 5.02 Å². The Morgan fingerprint density at radius 2 is 1.93 bits per heavy atom. The van der Waals surface area contributed by atoms with Gasteiger partial charge in [-0.1, -0.05) is 17.7 Å². The first kappa shape index (κ1) is 21.6. The first-order valence-electron chi connectivity index (χ1n) is 8.41. The number of carbonyl (C=O) groups is 2. The fourth-order valence-corrected chi connectivity index (χ4v) is 2.30. The largest absolute Gasteiger partial charge is 0.484 e. The van der Waals surface area contributed by atoms with Crippen LogP contribution in [0.15, 0.2) is 42.5 Å². The predicted octanol–water partition coefficient (Wildman–Crippen LogP) is 2.29. The third-order valence-corrected chi connectivity index (χ3v) is 3.95. The smallest absolute Gasteiger partial charge is 0.258 e. The molecule has 2 rings (SSSR count). The van der Waals surface area contributed by atoms with Crippen LogP contribution in [0.25, 0.3) is 0 Å². The SMILES string of the molecule is O=C(COc1ccc(Cl)c(F)c1)NC[C@@H](O)CCNC(=O)c1cccc(F)c1. The van der Waals surface area contributed by atoms with Gasteiger partial charge in [-0.2, -0.15) is 0 Å². The van der Waals surface area contributed by atoms with Gasteiger partial charge in [0.15, 0.2) is 6.61 Å². The van der Waals surface area contributed by atoms with Crippen molar-refractivity contribution in [1.29, 1.82) is 0 Å². The number of carbonyl (C=O) groups excluding carboxylic acids is 2. The van der Waals surface area contributed by atoms with E-state index in [-0.39, 0.29) is 42.5 Å². The summed E-state index contributed by atoms with van der Waals surface area (Å²) in [6.45, 7) is -0.260. The minimum atomic E-state index is -0.898. The molecule has 0 heterocycles. The average molecular weight is 413 g/mol. The third kappa shape index (κ3) is 7.13. The van der Waals surface area contributed by atoms with Crippen molar-refractivity contribution in [1.82, 2.24) is 10.6 Å². The van der Waals surface area contributed by atoms with E-state index in [0.29, 0.717) is 0 Å². The van der Waals surface area contributed by atoms with Crippen LogP contribution in [0.5, 0.6) is 5.75 Å². The quantitative estimate of drug-likeness (QED) is 0.589. The maximum atomic E-state index is 13.3. The number of hydrogen-bond donors (Lipinski definition) is 3. The molecule has 6 nitrogen and oxygen atoms in total. The Hall–Kier alpha value is -2.71. The number of nitrogens with one attached hydrogen (secondary N) is 2. The van der Waals surface area contributed by atoms with Crippen LogP contribution in [0.3, 0.4) is 0 Å². The van der Waals surface area contributed by atoms with E-state index in [1.54, 1.807) is 0 Å². The van der Waals surface area contributed by atoms with Gasteiger partial charge in [0.1, 0.15) is 17.4 Å². The lowest BCUT2D eigenvalue weighted by Gasteiger charge is -2.13. The molecule has 0 radical (unpaired) electrons. The number of aliphatic hydroxyl groups is 1. The van der Waals surface area contributed by atoms with Crippen LogP contribution in [-0.4, -0.2) is 42.7 Å². The van der Waals surface area contributed by atoms with E-state index in [1.807, 2.05) is 0 Å². The molecule has 0 saturated heterocycles. The summed E-state index contributed by atoms with van der Waals surface area (Å²) in [4.78, 5) is 23.5. The minimum Gasteiger partial charge on any atom is -0.484 e. The standard InChI is InChI=1S/C19H19ClF2N2O4/c20-16-5-4-15(9-17(16)22)28-11-18(26)24-10-14(25)6-7-23-19(27)12-2-1-3-13(21)8-12/h1-5,8-9,14,25H,6-7,10-11H2,(H,23,27)(H,24,26)/t14-/m0/s1. The van der Waals surface area contributed by atoms with E-state index in [1.165, 1.54) is 30.3 Å². The van der Waals surface area contributed by atoms with Gasteiger partial charge in [-0.3, -0.25) is 9.59 Å². The summed E-state index contributed by atoms with van der Waals surface area (Å²) in [7, 11) is 0. The highest BCUT2D eigenvalue weighted by atomic mass is 35.5. The van der Waals surface area contributed by atoms with Gasteiger partial charge in [0, 0.05) is 24.7 Å². The second-order valence-corrected chi connectivity index (χ2v) is 6.28. The molecule has 0 aromatic heterocycles. The number of amides is 2. The molecule has 2 amide bonds. The van der Waals surface area contributed by atoms with Crippen molar-refractivity contribution < 1.29 is 28.2 Å². The maximum absolute atomic E-state index is 13.3. The monoisotopic (exact) mass is 412 g/mol. The molecule has 0 bridgehead atoms. The molecule has 0 aliphatic carbocycles. The zero-order valence-corrected chi connectivity index (χ0v) is 15.5. The number of ether oxygens (including phenoxy) is 1. The van der Waals surface area contributed by atoms with Crippen LogP contribution in [0.1, 0.15) is 16.8 Å². The number of rotatable bonds is 9. The first-order chi connectivity index (χ1) is 13.3. The first-order valence-corrected chi connectivity index (χ1v) is 8.79.